The maximum absolute atomic E-state index is 2.30. The molecule has 0 aromatic heterocycles. The van der Waals surface area contributed by atoms with Gasteiger partial charge in [0.1, 0.15) is 0 Å². The van der Waals surface area contributed by atoms with Crippen LogP contribution in [0, 0.1) is 0 Å². The Morgan fingerprint density at radius 1 is 0.733 bits per heavy atom. The summed E-state index contributed by atoms with van der Waals surface area (Å²) in [7, 11) is 0. The van der Waals surface area contributed by atoms with Crippen molar-refractivity contribution in [1.29, 1.82) is 0 Å². The zero-order valence-corrected chi connectivity index (χ0v) is 11.6. The van der Waals surface area contributed by atoms with E-state index in [-0.39, 0.29) is 3.43 Å². The van der Waals surface area contributed by atoms with E-state index in [1.54, 1.807) is 0 Å². The van der Waals surface area contributed by atoms with Crippen LogP contribution in [0.25, 0.3) is 0 Å². The van der Waals surface area contributed by atoms with Gasteiger partial charge in [0.05, 0.1) is 0 Å². The Morgan fingerprint density at radius 3 is 1.40 bits per heavy atom. The first kappa shape index (κ1) is 10.7. The van der Waals surface area contributed by atoms with E-state index < -0.39 is 0 Å². The van der Waals surface area contributed by atoms with E-state index >= 15 is 0 Å². The number of rotatable bonds is 2. The van der Waals surface area contributed by atoms with Crippen LogP contribution in [0.5, 0.6) is 0 Å². The van der Waals surface area contributed by atoms with Gasteiger partial charge in [-0.25, -0.2) is 0 Å². The minimum absolute atomic E-state index is 0.176. The summed E-state index contributed by atoms with van der Waals surface area (Å²) in [5.74, 6) is 0. The third kappa shape index (κ3) is 2.25. The van der Waals surface area contributed by atoms with Crippen LogP contribution >= 0.6 is 0 Å². The van der Waals surface area contributed by atoms with Gasteiger partial charge in [0.15, 0.2) is 0 Å². The van der Waals surface area contributed by atoms with Gasteiger partial charge in [-0.2, -0.15) is 0 Å². The topological polar surface area (TPSA) is 0 Å². The fraction of sp³-hybridized carbons (Fsp3) is 0.143. The molecular weight excluding hydrogens is 287 g/mol. The van der Waals surface area contributed by atoms with Crippen molar-refractivity contribution in [1.82, 2.24) is 0 Å². The monoisotopic (exact) mass is 301 g/mol. The fourth-order valence-electron chi connectivity index (χ4n) is 1.71. The molecule has 2 aromatic carbocycles. The summed E-state index contributed by atoms with van der Waals surface area (Å²) in [4.78, 5) is 0. The zero-order chi connectivity index (χ0) is 10.7. The molecule has 0 bridgehead atoms. The van der Waals surface area contributed by atoms with Crippen LogP contribution in [0.1, 0.15) is 18.1 Å². The van der Waals surface area contributed by atoms with E-state index in [0.717, 1.165) is 0 Å². The van der Waals surface area contributed by atoms with E-state index in [4.69, 9.17) is 0 Å². The molecule has 0 aliphatic heterocycles. The quantitative estimate of drug-likeness (QED) is 0.748. The Hall–Kier alpha value is -0.761. The second-order valence-corrected chi connectivity index (χ2v) is 6.71. The van der Waals surface area contributed by atoms with Crippen molar-refractivity contribution in [3.63, 3.8) is 0 Å². The molecule has 0 unspecified atom stereocenters. The molecule has 0 fully saturated rings. The summed E-state index contributed by atoms with van der Waals surface area (Å²) in [6, 6.07) is 21.4. The van der Waals surface area contributed by atoms with E-state index in [1.165, 1.54) is 33.7 Å². The van der Waals surface area contributed by atoms with Gasteiger partial charge in [0, 0.05) is 0 Å². The standard InChI is InChI=1S/C14H13.Sn/c1-12(13-8-4-2-5-9-13)14-10-6-3-7-11-14;/h2-11H,1H3;. The average molecular weight is 300 g/mol. The molecule has 0 aliphatic rings. The second-order valence-electron chi connectivity index (χ2n) is 3.86. The van der Waals surface area contributed by atoms with Crippen molar-refractivity contribution in [3.05, 3.63) is 71.8 Å². The zero-order valence-electron chi connectivity index (χ0n) is 8.77. The van der Waals surface area contributed by atoms with Gasteiger partial charge >= 0.3 is 105 Å². The molecule has 73 valence electrons. The molecule has 0 saturated carbocycles. The second kappa shape index (κ2) is 4.40. The molecule has 3 radical (unpaired) electrons. The third-order valence-corrected chi connectivity index (χ3v) is 4.35. The Kier molecular flexibility index (Phi) is 3.15. The Morgan fingerprint density at radius 2 is 1.07 bits per heavy atom. The van der Waals surface area contributed by atoms with Crippen LogP contribution in [0.15, 0.2) is 60.7 Å². The molecule has 1 heteroatoms. The number of benzene rings is 2. The van der Waals surface area contributed by atoms with Gasteiger partial charge in [-0.1, -0.05) is 0 Å². The number of hydrogen-bond donors (Lipinski definition) is 0. The predicted octanol–water partition coefficient (Wildman–Crippen LogP) is 3.12. The molecule has 0 spiro atoms. The molecule has 0 heterocycles. The first-order valence-electron chi connectivity index (χ1n) is 5.07. The van der Waals surface area contributed by atoms with Crippen LogP contribution in [-0.2, 0) is 3.43 Å². The molecular formula is C14H13Sn. The molecule has 0 nitrogen and oxygen atoms in total. The number of hydrogen-bond acceptors (Lipinski definition) is 0. The summed E-state index contributed by atoms with van der Waals surface area (Å²) in [6.07, 6.45) is 0. The molecule has 15 heavy (non-hydrogen) atoms. The van der Waals surface area contributed by atoms with Crippen LogP contribution < -0.4 is 0 Å². The van der Waals surface area contributed by atoms with E-state index in [1.807, 2.05) is 0 Å². The summed E-state index contributed by atoms with van der Waals surface area (Å²) in [5.41, 5.74) is 2.80. The first-order valence-corrected chi connectivity index (χ1v) is 6.50. The molecule has 0 saturated heterocycles. The van der Waals surface area contributed by atoms with Crippen LogP contribution in [-0.4, -0.2) is 22.5 Å². The maximum atomic E-state index is 2.30. The van der Waals surface area contributed by atoms with E-state index in [0.29, 0.717) is 0 Å². The van der Waals surface area contributed by atoms with Gasteiger partial charge < -0.3 is 0 Å². The fourth-order valence-corrected chi connectivity index (χ4v) is 2.66. The summed E-state index contributed by atoms with van der Waals surface area (Å²) >= 11 is 1.52. The molecule has 0 atom stereocenters. The van der Waals surface area contributed by atoms with E-state index in [2.05, 4.69) is 67.6 Å². The van der Waals surface area contributed by atoms with Crippen molar-refractivity contribution in [2.75, 3.05) is 0 Å². The normalized spacial score (nSPS) is 11.3. The van der Waals surface area contributed by atoms with E-state index in [9.17, 15) is 0 Å². The molecule has 0 aliphatic carbocycles. The van der Waals surface area contributed by atoms with Gasteiger partial charge in [0.25, 0.3) is 0 Å². The SMILES string of the molecule is C[C]([Sn])(c1ccccc1)c1ccccc1. The Bertz CT molecular complexity index is 376. The first-order chi connectivity index (χ1) is 7.21. The summed E-state index contributed by atoms with van der Waals surface area (Å²) < 4.78 is 0.176. The van der Waals surface area contributed by atoms with Gasteiger partial charge in [-0.3, -0.25) is 0 Å². The van der Waals surface area contributed by atoms with Crippen molar-refractivity contribution in [3.8, 4) is 0 Å². The average Bonchev–Trinajstić information content (AvgIpc) is 2.31. The third-order valence-electron chi connectivity index (χ3n) is 2.70. The minimum atomic E-state index is 0.176. The van der Waals surface area contributed by atoms with Gasteiger partial charge in [-0.15, -0.1) is 0 Å². The van der Waals surface area contributed by atoms with Crippen molar-refractivity contribution >= 4 is 22.5 Å². The van der Waals surface area contributed by atoms with Crippen LogP contribution in [0.2, 0.25) is 0 Å². The molecule has 0 amide bonds. The summed E-state index contributed by atoms with van der Waals surface area (Å²) in [5, 5.41) is 0. The van der Waals surface area contributed by atoms with Crippen LogP contribution in [0.3, 0.4) is 0 Å². The van der Waals surface area contributed by atoms with Crippen molar-refractivity contribution in [2.45, 2.75) is 10.4 Å². The predicted molar refractivity (Wildman–Crippen MR) is 65.1 cm³/mol. The Labute approximate surface area is 104 Å². The van der Waals surface area contributed by atoms with Crippen molar-refractivity contribution < 1.29 is 0 Å². The van der Waals surface area contributed by atoms with Gasteiger partial charge in [-0.05, 0) is 0 Å². The molecule has 0 N–H and O–H groups in total. The molecule has 2 rings (SSSR count). The van der Waals surface area contributed by atoms with Crippen molar-refractivity contribution in [2.24, 2.45) is 0 Å². The Balaban J connectivity index is 2.44. The summed E-state index contributed by atoms with van der Waals surface area (Å²) in [6.45, 7) is 2.30. The van der Waals surface area contributed by atoms with Gasteiger partial charge in [0.2, 0.25) is 0 Å². The van der Waals surface area contributed by atoms with Crippen LogP contribution in [0.4, 0.5) is 0 Å². The molecule has 2 aromatic rings.